The van der Waals surface area contributed by atoms with E-state index in [1.807, 2.05) is 6.92 Å². The normalized spacial score (nSPS) is 11.5. The van der Waals surface area contributed by atoms with Gasteiger partial charge in [0, 0.05) is 11.8 Å². The smallest absolute Gasteiger partial charge is 0.222 e. The lowest BCUT2D eigenvalue weighted by Gasteiger charge is -2.30. The lowest BCUT2D eigenvalue weighted by atomic mass is 9.98. The fourth-order valence-electron chi connectivity index (χ4n) is 1.37. The van der Waals surface area contributed by atoms with Crippen molar-refractivity contribution in [1.29, 1.82) is 0 Å². The van der Waals surface area contributed by atoms with Crippen LogP contribution in [0.5, 0.6) is 0 Å². The van der Waals surface area contributed by atoms with Crippen molar-refractivity contribution < 1.29 is 10.2 Å². The van der Waals surface area contributed by atoms with Gasteiger partial charge in [0.05, 0.1) is 18.8 Å². The third kappa shape index (κ3) is 2.80. The Morgan fingerprint density at radius 3 is 2.44 bits per heavy atom. The summed E-state index contributed by atoms with van der Waals surface area (Å²) in [5.74, 6) is 0.679. The average Bonchev–Trinajstić information content (AvgIpc) is 2.25. The molecule has 0 spiro atoms. The maximum Gasteiger partial charge on any atom is 0.222 e. The van der Waals surface area contributed by atoms with Crippen molar-refractivity contribution in [3.05, 3.63) is 11.8 Å². The number of aromatic nitrogens is 2. The quantitative estimate of drug-likeness (QED) is 0.559. The summed E-state index contributed by atoms with van der Waals surface area (Å²) in [4.78, 5) is 7.94. The van der Waals surface area contributed by atoms with Crippen molar-refractivity contribution in [2.24, 2.45) is 0 Å². The number of hydrogen-bond donors (Lipinski definition) is 4. The molecule has 0 aliphatic heterocycles. The zero-order chi connectivity index (χ0) is 12.2. The largest absolute Gasteiger partial charge is 0.394 e. The predicted molar refractivity (Wildman–Crippen MR) is 62.0 cm³/mol. The van der Waals surface area contributed by atoms with Gasteiger partial charge in [-0.3, -0.25) is 0 Å². The number of hydrogen-bond acceptors (Lipinski definition) is 6. The van der Waals surface area contributed by atoms with Gasteiger partial charge in [0.1, 0.15) is 5.82 Å². The Kier molecular flexibility index (Phi) is 4.03. The molecule has 90 valence electrons. The summed E-state index contributed by atoms with van der Waals surface area (Å²) in [7, 11) is 0. The van der Waals surface area contributed by atoms with E-state index in [0.29, 0.717) is 12.2 Å². The number of rotatable bonds is 5. The van der Waals surface area contributed by atoms with Crippen molar-refractivity contribution in [1.82, 2.24) is 9.97 Å². The molecule has 5 N–H and O–H groups in total. The second-order valence-corrected chi connectivity index (χ2v) is 3.83. The number of aryl methyl sites for hydroxylation is 1. The summed E-state index contributed by atoms with van der Waals surface area (Å²) in [6.45, 7) is 3.32. The van der Waals surface area contributed by atoms with Gasteiger partial charge in [0.15, 0.2) is 0 Å². The minimum atomic E-state index is -0.771. The molecule has 0 unspecified atom stereocenters. The van der Waals surface area contributed by atoms with Crippen LogP contribution in [0.25, 0.3) is 0 Å². The summed E-state index contributed by atoms with van der Waals surface area (Å²) in [5, 5.41) is 21.6. The molecule has 0 amide bonds. The fourth-order valence-corrected chi connectivity index (χ4v) is 1.37. The summed E-state index contributed by atoms with van der Waals surface area (Å²) in [6, 6.07) is 1.71. The van der Waals surface area contributed by atoms with Crippen LogP contribution in [-0.4, -0.2) is 38.9 Å². The van der Waals surface area contributed by atoms with Gasteiger partial charge in [0.2, 0.25) is 5.95 Å². The van der Waals surface area contributed by atoms with Crippen molar-refractivity contribution in [3.8, 4) is 0 Å². The van der Waals surface area contributed by atoms with Crippen LogP contribution >= 0.6 is 0 Å². The molecule has 0 radical (unpaired) electrons. The molecule has 1 heterocycles. The van der Waals surface area contributed by atoms with Gasteiger partial charge in [-0.25, -0.2) is 4.98 Å². The third-order valence-corrected chi connectivity index (χ3v) is 2.55. The lowest BCUT2D eigenvalue weighted by Crippen LogP contribution is -2.45. The highest BCUT2D eigenvalue weighted by Gasteiger charge is 2.26. The van der Waals surface area contributed by atoms with Gasteiger partial charge >= 0.3 is 0 Å². The number of nitrogens with one attached hydrogen (secondary N) is 1. The first kappa shape index (κ1) is 12.7. The number of nitrogen functional groups attached to an aromatic ring is 1. The standard InChI is InChI=1S/C10H18N4O2/c1-3-10(5-15,6-16)14-8-4-7(2)12-9(11)13-8/h4,15-16H,3,5-6H2,1-2H3,(H3,11,12,13,14). The first-order valence-corrected chi connectivity index (χ1v) is 5.16. The van der Waals surface area contributed by atoms with Crippen LogP contribution in [-0.2, 0) is 0 Å². The van der Waals surface area contributed by atoms with Crippen LogP contribution < -0.4 is 11.1 Å². The molecule has 0 saturated heterocycles. The van der Waals surface area contributed by atoms with Crippen molar-refractivity contribution in [2.75, 3.05) is 24.3 Å². The van der Waals surface area contributed by atoms with E-state index in [-0.39, 0.29) is 19.2 Å². The topological polar surface area (TPSA) is 104 Å². The molecule has 0 atom stereocenters. The predicted octanol–water partition coefficient (Wildman–Crippen LogP) is -0.0875. The minimum absolute atomic E-state index is 0.170. The Morgan fingerprint density at radius 2 is 2.00 bits per heavy atom. The van der Waals surface area contributed by atoms with Crippen LogP contribution in [0.15, 0.2) is 6.07 Å². The van der Waals surface area contributed by atoms with E-state index in [1.165, 1.54) is 0 Å². The monoisotopic (exact) mass is 226 g/mol. The highest BCUT2D eigenvalue weighted by molar-refractivity contribution is 5.42. The zero-order valence-corrected chi connectivity index (χ0v) is 9.56. The Morgan fingerprint density at radius 1 is 1.38 bits per heavy atom. The van der Waals surface area contributed by atoms with Crippen LogP contribution in [0.4, 0.5) is 11.8 Å². The van der Waals surface area contributed by atoms with E-state index in [1.54, 1.807) is 13.0 Å². The Hall–Kier alpha value is -1.40. The molecule has 0 saturated carbocycles. The molecule has 6 heteroatoms. The van der Waals surface area contributed by atoms with Gasteiger partial charge in [-0.15, -0.1) is 0 Å². The molecular weight excluding hydrogens is 208 g/mol. The number of nitrogens with two attached hydrogens (primary N) is 1. The van der Waals surface area contributed by atoms with Gasteiger partial charge < -0.3 is 21.3 Å². The Labute approximate surface area is 94.5 Å². The SMILES string of the molecule is CCC(CO)(CO)Nc1cc(C)nc(N)n1. The first-order valence-electron chi connectivity index (χ1n) is 5.16. The maximum absolute atomic E-state index is 9.28. The van der Waals surface area contributed by atoms with Crippen molar-refractivity contribution >= 4 is 11.8 Å². The highest BCUT2D eigenvalue weighted by atomic mass is 16.3. The van der Waals surface area contributed by atoms with Gasteiger partial charge in [-0.1, -0.05) is 6.92 Å². The number of anilines is 2. The molecule has 1 aromatic rings. The molecule has 0 aromatic carbocycles. The van der Waals surface area contributed by atoms with E-state index in [4.69, 9.17) is 5.73 Å². The van der Waals surface area contributed by atoms with E-state index in [2.05, 4.69) is 15.3 Å². The Balaban J connectivity index is 2.93. The molecule has 16 heavy (non-hydrogen) atoms. The van der Waals surface area contributed by atoms with Crippen LogP contribution in [0, 0.1) is 6.92 Å². The van der Waals surface area contributed by atoms with Gasteiger partial charge in [0.25, 0.3) is 0 Å². The lowest BCUT2D eigenvalue weighted by molar-refractivity contribution is 0.132. The van der Waals surface area contributed by atoms with Crippen LogP contribution in [0.3, 0.4) is 0 Å². The molecule has 0 bridgehead atoms. The summed E-state index contributed by atoms with van der Waals surface area (Å²) >= 11 is 0. The minimum Gasteiger partial charge on any atom is -0.394 e. The van der Waals surface area contributed by atoms with Gasteiger partial charge in [-0.2, -0.15) is 4.98 Å². The molecule has 6 nitrogen and oxygen atoms in total. The third-order valence-electron chi connectivity index (χ3n) is 2.55. The second-order valence-electron chi connectivity index (χ2n) is 3.83. The van der Waals surface area contributed by atoms with Crippen molar-refractivity contribution in [2.45, 2.75) is 25.8 Å². The fraction of sp³-hybridized carbons (Fsp3) is 0.600. The van der Waals surface area contributed by atoms with Crippen LogP contribution in [0.1, 0.15) is 19.0 Å². The summed E-state index contributed by atoms with van der Waals surface area (Å²) < 4.78 is 0. The molecule has 0 aliphatic carbocycles. The molecule has 1 rings (SSSR count). The average molecular weight is 226 g/mol. The first-order chi connectivity index (χ1) is 7.55. The second kappa shape index (κ2) is 5.09. The summed E-state index contributed by atoms with van der Waals surface area (Å²) in [6.07, 6.45) is 0.572. The van der Waals surface area contributed by atoms with E-state index in [9.17, 15) is 10.2 Å². The van der Waals surface area contributed by atoms with E-state index < -0.39 is 5.54 Å². The molecule has 1 aromatic heterocycles. The zero-order valence-electron chi connectivity index (χ0n) is 9.56. The van der Waals surface area contributed by atoms with Crippen LogP contribution in [0.2, 0.25) is 0 Å². The van der Waals surface area contributed by atoms with Crippen molar-refractivity contribution in [3.63, 3.8) is 0 Å². The molecule has 0 fully saturated rings. The van der Waals surface area contributed by atoms with E-state index in [0.717, 1.165) is 5.69 Å². The number of nitrogens with zero attached hydrogens (tertiary/aromatic N) is 2. The van der Waals surface area contributed by atoms with E-state index >= 15 is 0 Å². The maximum atomic E-state index is 9.28. The number of aliphatic hydroxyl groups is 2. The summed E-state index contributed by atoms with van der Waals surface area (Å²) in [5.41, 5.74) is 5.48. The molecule has 0 aliphatic rings. The highest BCUT2D eigenvalue weighted by Crippen LogP contribution is 2.17. The number of aliphatic hydroxyl groups excluding tert-OH is 2. The van der Waals surface area contributed by atoms with Gasteiger partial charge in [-0.05, 0) is 13.3 Å². The molecular formula is C10H18N4O2. The Bertz CT molecular complexity index is 324.